The van der Waals surface area contributed by atoms with Gasteiger partial charge in [-0.15, -0.1) is 0 Å². The van der Waals surface area contributed by atoms with Crippen LogP contribution in [0.1, 0.15) is 11.1 Å². The van der Waals surface area contributed by atoms with E-state index in [-0.39, 0.29) is 0 Å². The molecule has 0 amide bonds. The van der Waals surface area contributed by atoms with Gasteiger partial charge in [0.25, 0.3) is 0 Å². The number of hydrogen-bond donors (Lipinski definition) is 1. The molecule has 0 fully saturated rings. The fourth-order valence-corrected chi connectivity index (χ4v) is 1.36. The Morgan fingerprint density at radius 3 is 3.27 bits per heavy atom. The topological polar surface area (TPSA) is 35.8 Å². The number of fused-ring (bicyclic) bond motifs is 1. The standard InChI is InChI=1S/C9H7N2/c10-6-8-3-1-2-7-4-5-11-9(7)8/h2-3,11H,4-5H2. The van der Waals surface area contributed by atoms with Crippen molar-refractivity contribution in [3.05, 3.63) is 29.3 Å². The van der Waals surface area contributed by atoms with Gasteiger partial charge < -0.3 is 5.32 Å². The van der Waals surface area contributed by atoms with Crippen molar-refractivity contribution >= 4 is 5.69 Å². The van der Waals surface area contributed by atoms with E-state index in [1.165, 1.54) is 5.56 Å². The van der Waals surface area contributed by atoms with Gasteiger partial charge in [0, 0.05) is 6.54 Å². The molecule has 53 valence electrons. The van der Waals surface area contributed by atoms with E-state index in [1.54, 1.807) is 6.07 Å². The third-order valence-corrected chi connectivity index (χ3v) is 1.89. The second kappa shape index (κ2) is 2.28. The van der Waals surface area contributed by atoms with E-state index in [0.717, 1.165) is 18.7 Å². The van der Waals surface area contributed by atoms with Crippen LogP contribution in [-0.4, -0.2) is 6.54 Å². The summed E-state index contributed by atoms with van der Waals surface area (Å²) in [5, 5.41) is 11.9. The molecule has 2 rings (SSSR count). The van der Waals surface area contributed by atoms with Gasteiger partial charge in [0.15, 0.2) is 0 Å². The summed E-state index contributed by atoms with van der Waals surface area (Å²) in [7, 11) is 0. The van der Waals surface area contributed by atoms with Crippen LogP contribution >= 0.6 is 0 Å². The van der Waals surface area contributed by atoms with Gasteiger partial charge in [-0.05, 0) is 30.2 Å². The molecule has 0 unspecified atom stereocenters. The van der Waals surface area contributed by atoms with Crippen molar-refractivity contribution in [2.24, 2.45) is 0 Å². The van der Waals surface area contributed by atoms with Gasteiger partial charge in [0.1, 0.15) is 6.07 Å². The first-order valence-corrected chi connectivity index (χ1v) is 3.59. The zero-order chi connectivity index (χ0) is 7.68. The first-order chi connectivity index (χ1) is 5.42. The largest absolute Gasteiger partial charge is 0.383 e. The van der Waals surface area contributed by atoms with Gasteiger partial charge in [-0.3, -0.25) is 0 Å². The monoisotopic (exact) mass is 143 g/mol. The van der Waals surface area contributed by atoms with Gasteiger partial charge in [-0.25, -0.2) is 0 Å². The normalized spacial score (nSPS) is 13.4. The average Bonchev–Trinajstić information content (AvgIpc) is 2.50. The molecule has 1 aromatic carbocycles. The third-order valence-electron chi connectivity index (χ3n) is 1.89. The minimum absolute atomic E-state index is 0.708. The van der Waals surface area contributed by atoms with Crippen LogP contribution < -0.4 is 5.32 Å². The van der Waals surface area contributed by atoms with Crippen molar-refractivity contribution in [1.29, 1.82) is 5.26 Å². The Labute approximate surface area is 65.5 Å². The molecule has 1 aliphatic rings. The third kappa shape index (κ3) is 0.857. The predicted molar refractivity (Wildman–Crippen MR) is 42.2 cm³/mol. The first-order valence-electron chi connectivity index (χ1n) is 3.59. The smallest absolute Gasteiger partial charge is 0.101 e. The first kappa shape index (κ1) is 6.23. The van der Waals surface area contributed by atoms with Gasteiger partial charge in [0.05, 0.1) is 11.3 Å². The summed E-state index contributed by atoms with van der Waals surface area (Å²) in [6.45, 7) is 0.946. The Kier molecular flexibility index (Phi) is 1.29. The van der Waals surface area contributed by atoms with Crippen LogP contribution in [0.15, 0.2) is 12.1 Å². The van der Waals surface area contributed by atoms with Crippen LogP contribution in [-0.2, 0) is 6.42 Å². The summed E-state index contributed by atoms with van der Waals surface area (Å²) >= 11 is 0. The summed E-state index contributed by atoms with van der Waals surface area (Å²) in [6, 6.07) is 8.74. The maximum Gasteiger partial charge on any atom is 0.101 e. The van der Waals surface area contributed by atoms with Crippen LogP contribution in [0.4, 0.5) is 5.69 Å². The lowest BCUT2D eigenvalue weighted by Crippen LogP contribution is -1.92. The predicted octanol–water partition coefficient (Wildman–Crippen LogP) is 1.33. The molecule has 1 N–H and O–H groups in total. The van der Waals surface area contributed by atoms with Crippen molar-refractivity contribution in [1.82, 2.24) is 0 Å². The Hall–Kier alpha value is -1.49. The van der Waals surface area contributed by atoms with Crippen LogP contribution in [0, 0.1) is 17.4 Å². The van der Waals surface area contributed by atoms with Crippen LogP contribution in [0.25, 0.3) is 0 Å². The summed E-state index contributed by atoms with van der Waals surface area (Å²) in [5.74, 6) is 0. The molecule has 0 atom stereocenters. The van der Waals surface area contributed by atoms with Gasteiger partial charge in [-0.2, -0.15) is 5.26 Å². The van der Waals surface area contributed by atoms with E-state index in [9.17, 15) is 0 Å². The summed E-state index contributed by atoms with van der Waals surface area (Å²) < 4.78 is 0. The molecule has 11 heavy (non-hydrogen) atoms. The molecule has 0 spiro atoms. The highest BCUT2D eigenvalue weighted by Crippen LogP contribution is 2.24. The maximum atomic E-state index is 8.69. The number of nitriles is 1. The molecule has 2 heteroatoms. The van der Waals surface area contributed by atoms with Crippen molar-refractivity contribution in [2.75, 3.05) is 11.9 Å². The van der Waals surface area contributed by atoms with Crippen molar-refractivity contribution in [3.63, 3.8) is 0 Å². The number of hydrogen-bond acceptors (Lipinski definition) is 2. The molecule has 0 bridgehead atoms. The molecule has 1 heterocycles. The zero-order valence-electron chi connectivity index (χ0n) is 6.02. The second-order valence-corrected chi connectivity index (χ2v) is 2.56. The van der Waals surface area contributed by atoms with Crippen molar-refractivity contribution < 1.29 is 0 Å². The van der Waals surface area contributed by atoms with E-state index in [0.29, 0.717) is 5.56 Å². The van der Waals surface area contributed by atoms with E-state index >= 15 is 0 Å². The average molecular weight is 143 g/mol. The Morgan fingerprint density at radius 2 is 2.45 bits per heavy atom. The van der Waals surface area contributed by atoms with E-state index < -0.39 is 0 Å². The fraction of sp³-hybridized carbons (Fsp3) is 0.222. The van der Waals surface area contributed by atoms with E-state index in [2.05, 4.69) is 17.5 Å². The number of nitrogens with zero attached hydrogens (tertiary/aromatic N) is 1. The molecule has 1 aromatic rings. The molecular weight excluding hydrogens is 136 g/mol. The zero-order valence-corrected chi connectivity index (χ0v) is 6.02. The highest BCUT2D eigenvalue weighted by Gasteiger charge is 2.12. The molecule has 0 saturated carbocycles. The highest BCUT2D eigenvalue weighted by atomic mass is 14.9. The van der Waals surface area contributed by atoms with Gasteiger partial charge in [0.2, 0.25) is 0 Å². The molecule has 1 aliphatic heterocycles. The number of rotatable bonds is 0. The molecule has 0 saturated heterocycles. The molecular formula is C9H7N2. The number of anilines is 1. The van der Waals surface area contributed by atoms with Crippen LogP contribution in [0.3, 0.4) is 0 Å². The lowest BCUT2D eigenvalue weighted by molar-refractivity contribution is 1.11. The summed E-state index contributed by atoms with van der Waals surface area (Å²) in [5.41, 5.74) is 2.93. The lowest BCUT2D eigenvalue weighted by Gasteiger charge is -1.99. The maximum absolute atomic E-state index is 8.69. The SMILES string of the molecule is N#Cc1c[c]cc2c1NCC2. The van der Waals surface area contributed by atoms with Crippen LogP contribution in [0.2, 0.25) is 0 Å². The molecule has 0 aliphatic carbocycles. The van der Waals surface area contributed by atoms with Crippen molar-refractivity contribution in [2.45, 2.75) is 6.42 Å². The lowest BCUT2D eigenvalue weighted by atomic mass is 10.1. The van der Waals surface area contributed by atoms with E-state index in [4.69, 9.17) is 5.26 Å². The highest BCUT2D eigenvalue weighted by molar-refractivity contribution is 5.65. The minimum atomic E-state index is 0.708. The molecule has 0 aromatic heterocycles. The summed E-state index contributed by atoms with van der Waals surface area (Å²) in [6.07, 6.45) is 1.02. The number of nitrogens with one attached hydrogen (secondary N) is 1. The minimum Gasteiger partial charge on any atom is -0.383 e. The molecule has 2 nitrogen and oxygen atoms in total. The van der Waals surface area contributed by atoms with Crippen molar-refractivity contribution in [3.8, 4) is 6.07 Å². The van der Waals surface area contributed by atoms with E-state index in [1.807, 2.05) is 6.07 Å². The Bertz CT molecular complexity index is 323. The number of benzene rings is 1. The van der Waals surface area contributed by atoms with Crippen LogP contribution in [0.5, 0.6) is 0 Å². The Balaban J connectivity index is 2.61. The second-order valence-electron chi connectivity index (χ2n) is 2.56. The Morgan fingerprint density at radius 1 is 1.55 bits per heavy atom. The quantitative estimate of drug-likeness (QED) is 0.594. The van der Waals surface area contributed by atoms with Gasteiger partial charge in [-0.1, -0.05) is 0 Å². The fourth-order valence-electron chi connectivity index (χ4n) is 1.36. The van der Waals surface area contributed by atoms with Gasteiger partial charge >= 0.3 is 0 Å². The molecule has 1 radical (unpaired) electrons. The summed E-state index contributed by atoms with van der Waals surface area (Å²) in [4.78, 5) is 0.